The summed E-state index contributed by atoms with van der Waals surface area (Å²) in [6, 6.07) is 3.74. The third-order valence-electron chi connectivity index (χ3n) is 1.06. The van der Waals surface area contributed by atoms with Gasteiger partial charge in [0.1, 0.15) is 6.61 Å². The van der Waals surface area contributed by atoms with E-state index in [9.17, 15) is 0 Å². The maximum Gasteiger partial charge on any atom is 0.167 e. The van der Waals surface area contributed by atoms with Gasteiger partial charge in [0.2, 0.25) is 0 Å². The second-order valence-electron chi connectivity index (χ2n) is 1.79. The summed E-state index contributed by atoms with van der Waals surface area (Å²) in [4.78, 5) is 3.88. The zero-order chi connectivity index (χ0) is 7.23. The van der Waals surface area contributed by atoms with Crippen molar-refractivity contribution in [1.29, 1.82) is 5.41 Å². The van der Waals surface area contributed by atoms with Gasteiger partial charge in [-0.1, -0.05) is 6.07 Å². The zero-order valence-electron chi connectivity index (χ0n) is 5.45. The fourth-order valence-corrected chi connectivity index (χ4v) is 0.621. The molecular formula is C7H8N2O. The molecular weight excluding hydrogens is 128 g/mol. The third-order valence-corrected chi connectivity index (χ3v) is 1.06. The molecule has 0 saturated heterocycles. The van der Waals surface area contributed by atoms with Crippen LogP contribution in [-0.4, -0.2) is 11.4 Å². The molecule has 1 N–H and O–H groups in total. The first kappa shape index (κ1) is 6.74. The Kier molecular flexibility index (Phi) is 2.43. The molecule has 0 saturated carbocycles. The molecule has 0 atom stereocenters. The van der Waals surface area contributed by atoms with Crippen LogP contribution in [-0.2, 0) is 11.3 Å². The highest BCUT2D eigenvalue weighted by atomic mass is 16.5. The fourth-order valence-electron chi connectivity index (χ4n) is 0.621. The lowest BCUT2D eigenvalue weighted by Crippen LogP contribution is -1.89. The van der Waals surface area contributed by atoms with Gasteiger partial charge in [-0.25, -0.2) is 0 Å². The van der Waals surface area contributed by atoms with E-state index in [1.165, 1.54) is 0 Å². The maximum absolute atomic E-state index is 6.58. The van der Waals surface area contributed by atoms with Crippen molar-refractivity contribution >= 4 is 6.40 Å². The topological polar surface area (TPSA) is 46.0 Å². The molecule has 1 aromatic rings. The highest BCUT2D eigenvalue weighted by molar-refractivity contribution is 5.41. The quantitative estimate of drug-likeness (QED) is 0.501. The molecule has 3 nitrogen and oxygen atoms in total. The SMILES string of the molecule is N=COCc1cccnc1. The lowest BCUT2D eigenvalue weighted by molar-refractivity contribution is 0.305. The Bertz CT molecular complexity index is 198. The average Bonchev–Trinajstić information content (AvgIpc) is 2.03. The summed E-state index contributed by atoms with van der Waals surface area (Å²) >= 11 is 0. The van der Waals surface area contributed by atoms with Gasteiger partial charge in [0.15, 0.2) is 6.40 Å². The van der Waals surface area contributed by atoms with Crippen molar-refractivity contribution in [3.63, 3.8) is 0 Å². The monoisotopic (exact) mass is 136 g/mol. The van der Waals surface area contributed by atoms with Crippen LogP contribution in [0.2, 0.25) is 0 Å². The van der Waals surface area contributed by atoms with E-state index in [4.69, 9.17) is 10.1 Å². The maximum atomic E-state index is 6.58. The van der Waals surface area contributed by atoms with Crippen molar-refractivity contribution in [2.24, 2.45) is 0 Å². The van der Waals surface area contributed by atoms with Crippen molar-refractivity contribution in [1.82, 2.24) is 4.98 Å². The Hall–Kier alpha value is -1.38. The Balaban J connectivity index is 2.50. The average molecular weight is 136 g/mol. The third kappa shape index (κ3) is 1.85. The predicted octanol–water partition coefficient (Wildman–Crippen LogP) is 1.21. The molecule has 0 aromatic carbocycles. The normalized spacial score (nSPS) is 8.80. The molecule has 0 aliphatic rings. The molecule has 3 heteroatoms. The number of hydrogen-bond acceptors (Lipinski definition) is 3. The molecule has 0 spiro atoms. The number of pyridine rings is 1. The van der Waals surface area contributed by atoms with E-state index < -0.39 is 0 Å². The summed E-state index contributed by atoms with van der Waals surface area (Å²) in [7, 11) is 0. The Morgan fingerprint density at radius 3 is 3.20 bits per heavy atom. The van der Waals surface area contributed by atoms with E-state index in [0.717, 1.165) is 12.0 Å². The minimum atomic E-state index is 0.428. The van der Waals surface area contributed by atoms with Gasteiger partial charge in [0.25, 0.3) is 0 Å². The number of nitrogens with one attached hydrogen (secondary N) is 1. The van der Waals surface area contributed by atoms with Gasteiger partial charge < -0.3 is 4.74 Å². The van der Waals surface area contributed by atoms with Gasteiger partial charge >= 0.3 is 0 Å². The minimum Gasteiger partial charge on any atom is -0.479 e. The van der Waals surface area contributed by atoms with Crippen LogP contribution >= 0.6 is 0 Å². The van der Waals surface area contributed by atoms with Crippen LogP contribution in [0.3, 0.4) is 0 Å². The Morgan fingerprint density at radius 1 is 1.70 bits per heavy atom. The van der Waals surface area contributed by atoms with Crippen molar-refractivity contribution in [2.45, 2.75) is 6.61 Å². The molecule has 0 aliphatic heterocycles. The van der Waals surface area contributed by atoms with Gasteiger partial charge in [-0.15, -0.1) is 0 Å². The molecule has 0 radical (unpaired) electrons. The first-order chi connectivity index (χ1) is 4.93. The number of aromatic nitrogens is 1. The fraction of sp³-hybridized carbons (Fsp3) is 0.143. The van der Waals surface area contributed by atoms with Gasteiger partial charge in [-0.3, -0.25) is 10.4 Å². The van der Waals surface area contributed by atoms with Crippen LogP contribution < -0.4 is 0 Å². The summed E-state index contributed by atoms with van der Waals surface area (Å²) in [5.74, 6) is 0. The van der Waals surface area contributed by atoms with Crippen molar-refractivity contribution < 1.29 is 4.74 Å². The van der Waals surface area contributed by atoms with Crippen molar-refractivity contribution in [3.8, 4) is 0 Å². The van der Waals surface area contributed by atoms with E-state index in [1.807, 2.05) is 12.1 Å². The van der Waals surface area contributed by atoms with Crippen LogP contribution in [0, 0.1) is 5.41 Å². The molecule has 1 rings (SSSR count). The van der Waals surface area contributed by atoms with E-state index in [-0.39, 0.29) is 0 Å². The lowest BCUT2D eigenvalue weighted by atomic mass is 10.3. The van der Waals surface area contributed by atoms with E-state index in [1.54, 1.807) is 12.4 Å². The standard InChI is InChI=1S/C7H8N2O/c8-6-10-5-7-2-1-3-9-4-7/h1-4,6,8H,5H2. The number of ether oxygens (including phenoxy) is 1. The lowest BCUT2D eigenvalue weighted by Gasteiger charge is -1.96. The minimum absolute atomic E-state index is 0.428. The van der Waals surface area contributed by atoms with Crippen LogP contribution in [0.15, 0.2) is 24.5 Å². The Labute approximate surface area is 59.2 Å². The molecule has 10 heavy (non-hydrogen) atoms. The molecule has 0 amide bonds. The summed E-state index contributed by atoms with van der Waals surface area (Å²) in [6.07, 6.45) is 4.34. The van der Waals surface area contributed by atoms with Crippen LogP contribution in [0.4, 0.5) is 0 Å². The van der Waals surface area contributed by atoms with Gasteiger partial charge in [0, 0.05) is 18.0 Å². The summed E-state index contributed by atoms with van der Waals surface area (Å²) < 4.78 is 4.72. The predicted molar refractivity (Wildman–Crippen MR) is 37.8 cm³/mol. The molecule has 0 aliphatic carbocycles. The van der Waals surface area contributed by atoms with Crippen molar-refractivity contribution in [2.75, 3.05) is 0 Å². The first-order valence-electron chi connectivity index (χ1n) is 2.93. The first-order valence-corrected chi connectivity index (χ1v) is 2.93. The van der Waals surface area contributed by atoms with Gasteiger partial charge in [-0.2, -0.15) is 0 Å². The molecule has 0 bridgehead atoms. The second kappa shape index (κ2) is 3.61. The second-order valence-corrected chi connectivity index (χ2v) is 1.79. The Morgan fingerprint density at radius 2 is 2.60 bits per heavy atom. The molecule has 0 fully saturated rings. The highest BCUT2D eigenvalue weighted by Crippen LogP contribution is 1.95. The molecule has 52 valence electrons. The molecule has 1 aromatic heterocycles. The van der Waals surface area contributed by atoms with Crippen molar-refractivity contribution in [3.05, 3.63) is 30.1 Å². The highest BCUT2D eigenvalue weighted by Gasteiger charge is 1.87. The van der Waals surface area contributed by atoms with Gasteiger partial charge in [0.05, 0.1) is 0 Å². The number of nitrogens with zero attached hydrogens (tertiary/aromatic N) is 1. The van der Waals surface area contributed by atoms with E-state index >= 15 is 0 Å². The molecule has 1 heterocycles. The van der Waals surface area contributed by atoms with Crippen LogP contribution in [0.25, 0.3) is 0 Å². The largest absolute Gasteiger partial charge is 0.479 e. The number of hydrogen-bond donors (Lipinski definition) is 1. The van der Waals surface area contributed by atoms with E-state index in [2.05, 4.69) is 4.98 Å². The smallest absolute Gasteiger partial charge is 0.167 e. The zero-order valence-corrected chi connectivity index (χ0v) is 5.45. The summed E-state index contributed by atoms with van der Waals surface area (Å²) in [5.41, 5.74) is 0.978. The molecule has 0 unspecified atom stereocenters. The number of rotatable bonds is 3. The van der Waals surface area contributed by atoms with E-state index in [0.29, 0.717) is 6.61 Å². The van der Waals surface area contributed by atoms with Crippen LogP contribution in [0.1, 0.15) is 5.56 Å². The summed E-state index contributed by atoms with van der Waals surface area (Å²) in [5, 5.41) is 6.58. The summed E-state index contributed by atoms with van der Waals surface area (Å²) in [6.45, 7) is 0.428. The van der Waals surface area contributed by atoms with Crippen LogP contribution in [0.5, 0.6) is 0 Å². The van der Waals surface area contributed by atoms with Gasteiger partial charge in [-0.05, 0) is 6.07 Å².